The largest absolute Gasteiger partial charge is 0.481 e. The van der Waals surface area contributed by atoms with Crippen molar-refractivity contribution in [2.24, 2.45) is 11.1 Å². The fraction of sp³-hybridized carbons (Fsp3) is 0.429. The van der Waals surface area contributed by atoms with Crippen LogP contribution in [0.1, 0.15) is 37.4 Å². The van der Waals surface area contributed by atoms with Gasteiger partial charge in [0.1, 0.15) is 0 Å². The number of nitrogens with two attached hydrogens (primary N) is 1. The average molecular weight is 246 g/mol. The molecule has 0 saturated carbocycles. The molecule has 18 heavy (non-hydrogen) atoms. The zero-order valence-electron chi connectivity index (χ0n) is 10.7. The first-order chi connectivity index (χ1) is 8.42. The number of hydrogen-bond donors (Lipinski definition) is 2. The Morgan fingerprint density at radius 1 is 1.50 bits per heavy atom. The summed E-state index contributed by atoms with van der Waals surface area (Å²) in [6.45, 7) is 3.74. The van der Waals surface area contributed by atoms with Crippen LogP contribution in [0.25, 0.3) is 5.57 Å². The molecular weight excluding hydrogens is 228 g/mol. The van der Waals surface area contributed by atoms with Gasteiger partial charge in [0.15, 0.2) is 0 Å². The number of nitrogens with zero attached hydrogens (tertiary/aromatic N) is 1. The molecule has 4 nitrogen and oxygen atoms in total. The number of carboxylic acids is 1. The molecule has 1 aliphatic rings. The monoisotopic (exact) mass is 246 g/mol. The van der Waals surface area contributed by atoms with Crippen molar-refractivity contribution in [3.63, 3.8) is 0 Å². The molecule has 3 N–H and O–H groups in total. The van der Waals surface area contributed by atoms with Crippen LogP contribution >= 0.6 is 0 Å². The Kier molecular flexibility index (Phi) is 3.11. The normalized spacial score (nSPS) is 24.1. The molecule has 0 aromatic carbocycles. The van der Waals surface area contributed by atoms with Gasteiger partial charge in [-0.05, 0) is 50.3 Å². The van der Waals surface area contributed by atoms with Gasteiger partial charge in [0.05, 0.1) is 11.1 Å². The van der Waals surface area contributed by atoms with Gasteiger partial charge < -0.3 is 10.8 Å². The third-order valence-electron chi connectivity index (χ3n) is 3.64. The second-order valence-electron chi connectivity index (χ2n) is 5.27. The van der Waals surface area contributed by atoms with Gasteiger partial charge in [-0.25, -0.2) is 0 Å². The lowest BCUT2D eigenvalue weighted by Crippen LogP contribution is -2.32. The van der Waals surface area contributed by atoms with Crippen LogP contribution in [0.2, 0.25) is 0 Å². The number of carboxylic acid groups (broad SMARTS) is 1. The maximum absolute atomic E-state index is 11.3. The fourth-order valence-electron chi connectivity index (χ4n) is 2.24. The number of aryl methyl sites for hydroxylation is 1. The van der Waals surface area contributed by atoms with E-state index in [0.29, 0.717) is 19.3 Å². The Bertz CT molecular complexity index is 505. The Morgan fingerprint density at radius 3 is 2.78 bits per heavy atom. The van der Waals surface area contributed by atoms with Crippen molar-refractivity contribution in [2.45, 2.75) is 33.1 Å². The van der Waals surface area contributed by atoms with Crippen LogP contribution in [0.15, 0.2) is 24.0 Å². The predicted octanol–water partition coefficient (Wildman–Crippen LogP) is 2.33. The third kappa shape index (κ3) is 2.23. The second-order valence-corrected chi connectivity index (χ2v) is 5.27. The van der Waals surface area contributed by atoms with Gasteiger partial charge in [0.25, 0.3) is 0 Å². The molecule has 1 aromatic rings. The lowest BCUT2D eigenvalue weighted by Gasteiger charge is -2.31. The SMILES string of the molecule is Cc1ccc(C2=C(N)CCC(C)(C(=O)O)C2)nc1. The minimum Gasteiger partial charge on any atom is -0.481 e. The standard InChI is InChI=1S/C14H18N2O2/c1-9-3-4-12(16-8-9)10-7-14(2,13(17)18)6-5-11(10)15/h3-4,8H,5-7,15H2,1-2H3,(H,17,18). The van der Waals surface area contributed by atoms with Crippen LogP contribution in [0.3, 0.4) is 0 Å². The number of aliphatic carboxylic acids is 1. The first-order valence-corrected chi connectivity index (χ1v) is 6.06. The van der Waals surface area contributed by atoms with Crippen molar-refractivity contribution < 1.29 is 9.90 Å². The van der Waals surface area contributed by atoms with Gasteiger partial charge in [0, 0.05) is 11.9 Å². The van der Waals surface area contributed by atoms with E-state index < -0.39 is 11.4 Å². The smallest absolute Gasteiger partial charge is 0.309 e. The molecule has 0 saturated heterocycles. The summed E-state index contributed by atoms with van der Waals surface area (Å²) in [6, 6.07) is 3.88. The van der Waals surface area contributed by atoms with Crippen molar-refractivity contribution in [3.05, 3.63) is 35.3 Å². The van der Waals surface area contributed by atoms with E-state index in [9.17, 15) is 9.90 Å². The predicted molar refractivity (Wildman–Crippen MR) is 69.7 cm³/mol. The summed E-state index contributed by atoms with van der Waals surface area (Å²) >= 11 is 0. The first-order valence-electron chi connectivity index (χ1n) is 6.06. The summed E-state index contributed by atoms with van der Waals surface area (Å²) in [5.74, 6) is -0.764. The molecule has 1 aliphatic carbocycles. The highest BCUT2D eigenvalue weighted by Crippen LogP contribution is 2.41. The topological polar surface area (TPSA) is 76.2 Å². The first kappa shape index (κ1) is 12.6. The zero-order chi connectivity index (χ0) is 13.3. The van der Waals surface area contributed by atoms with E-state index in [2.05, 4.69) is 4.98 Å². The Balaban J connectivity index is 2.37. The van der Waals surface area contributed by atoms with E-state index in [4.69, 9.17) is 5.73 Å². The molecule has 1 unspecified atom stereocenters. The van der Waals surface area contributed by atoms with Crippen molar-refractivity contribution in [2.75, 3.05) is 0 Å². The Morgan fingerprint density at radius 2 is 2.22 bits per heavy atom. The molecule has 96 valence electrons. The molecule has 0 radical (unpaired) electrons. The molecule has 0 fully saturated rings. The number of pyridine rings is 1. The molecule has 0 bridgehead atoms. The van der Waals surface area contributed by atoms with E-state index in [1.165, 1.54) is 0 Å². The minimum absolute atomic E-state index is 0.449. The molecule has 2 rings (SSSR count). The Labute approximate surface area is 107 Å². The maximum atomic E-state index is 11.3. The molecule has 1 atom stereocenters. The van der Waals surface area contributed by atoms with Gasteiger partial charge >= 0.3 is 5.97 Å². The van der Waals surface area contributed by atoms with Crippen LogP contribution in [-0.4, -0.2) is 16.1 Å². The van der Waals surface area contributed by atoms with Gasteiger partial charge in [0.2, 0.25) is 0 Å². The van der Waals surface area contributed by atoms with E-state index in [1.54, 1.807) is 13.1 Å². The number of allylic oxidation sites excluding steroid dienone is 2. The van der Waals surface area contributed by atoms with Gasteiger partial charge in [-0.15, -0.1) is 0 Å². The van der Waals surface area contributed by atoms with Crippen LogP contribution < -0.4 is 5.73 Å². The number of carbonyl (C=O) groups is 1. The molecule has 0 amide bonds. The Hall–Kier alpha value is -1.84. The van der Waals surface area contributed by atoms with Crippen LogP contribution in [0.5, 0.6) is 0 Å². The van der Waals surface area contributed by atoms with Crippen molar-refractivity contribution >= 4 is 11.5 Å². The number of hydrogen-bond acceptors (Lipinski definition) is 3. The van der Waals surface area contributed by atoms with Crippen molar-refractivity contribution in [1.82, 2.24) is 4.98 Å². The van der Waals surface area contributed by atoms with Crippen LogP contribution in [0.4, 0.5) is 0 Å². The second kappa shape index (κ2) is 4.44. The zero-order valence-corrected chi connectivity index (χ0v) is 10.7. The van der Waals surface area contributed by atoms with Gasteiger partial charge in [-0.1, -0.05) is 6.07 Å². The number of rotatable bonds is 2. The van der Waals surface area contributed by atoms with E-state index >= 15 is 0 Å². The molecule has 0 spiro atoms. The van der Waals surface area contributed by atoms with Crippen molar-refractivity contribution in [3.8, 4) is 0 Å². The summed E-state index contributed by atoms with van der Waals surface area (Å²) in [5.41, 5.74) is 8.81. The molecule has 1 aromatic heterocycles. The average Bonchev–Trinajstić information content (AvgIpc) is 2.33. The quantitative estimate of drug-likeness (QED) is 0.839. The van der Waals surface area contributed by atoms with E-state index in [1.807, 2.05) is 19.1 Å². The third-order valence-corrected chi connectivity index (χ3v) is 3.64. The van der Waals surface area contributed by atoms with E-state index in [-0.39, 0.29) is 0 Å². The summed E-state index contributed by atoms with van der Waals surface area (Å²) < 4.78 is 0. The van der Waals surface area contributed by atoms with Crippen molar-refractivity contribution in [1.29, 1.82) is 0 Å². The number of aromatic nitrogens is 1. The van der Waals surface area contributed by atoms with E-state index in [0.717, 1.165) is 22.5 Å². The highest BCUT2D eigenvalue weighted by Gasteiger charge is 2.38. The summed E-state index contributed by atoms with van der Waals surface area (Å²) in [6.07, 6.45) is 3.43. The maximum Gasteiger partial charge on any atom is 0.309 e. The molecular formula is C14H18N2O2. The minimum atomic E-state index is -0.764. The summed E-state index contributed by atoms with van der Waals surface area (Å²) in [7, 11) is 0. The van der Waals surface area contributed by atoms with Gasteiger partial charge in [-0.3, -0.25) is 9.78 Å². The summed E-state index contributed by atoms with van der Waals surface area (Å²) in [4.78, 5) is 15.7. The van der Waals surface area contributed by atoms with Crippen LogP contribution in [-0.2, 0) is 4.79 Å². The lowest BCUT2D eigenvalue weighted by atomic mass is 9.74. The molecule has 4 heteroatoms. The highest BCUT2D eigenvalue weighted by atomic mass is 16.4. The molecule has 0 aliphatic heterocycles. The fourth-order valence-corrected chi connectivity index (χ4v) is 2.24. The molecule has 1 heterocycles. The highest BCUT2D eigenvalue weighted by molar-refractivity contribution is 5.80. The summed E-state index contributed by atoms with van der Waals surface area (Å²) in [5, 5.41) is 9.31. The van der Waals surface area contributed by atoms with Crippen LogP contribution in [0, 0.1) is 12.3 Å². The van der Waals surface area contributed by atoms with Gasteiger partial charge in [-0.2, -0.15) is 0 Å². The lowest BCUT2D eigenvalue weighted by molar-refractivity contribution is -0.148.